The van der Waals surface area contributed by atoms with Crippen molar-refractivity contribution in [2.75, 3.05) is 12.4 Å². The Labute approximate surface area is 115 Å². The summed E-state index contributed by atoms with van der Waals surface area (Å²) < 4.78 is 4.90. The minimum atomic E-state index is -0.562. The Kier molecular flexibility index (Phi) is 4.13. The fraction of sp³-hybridized carbons (Fsp3) is 0.250. The van der Waals surface area contributed by atoms with Gasteiger partial charge in [-0.3, -0.25) is 15.2 Å². The van der Waals surface area contributed by atoms with Gasteiger partial charge in [0.05, 0.1) is 0 Å². The molecule has 19 heavy (non-hydrogen) atoms. The molecule has 0 aliphatic rings. The smallest absolute Gasteiger partial charge is 0.255 e. The Hall–Kier alpha value is -1.92. The van der Waals surface area contributed by atoms with Crippen molar-refractivity contribution < 1.29 is 9.53 Å². The molecule has 2 aromatic rings. The van der Waals surface area contributed by atoms with E-state index < -0.39 is 6.10 Å². The van der Waals surface area contributed by atoms with E-state index in [0.29, 0.717) is 10.8 Å². The topological polar surface area (TPSA) is 79.9 Å². The van der Waals surface area contributed by atoms with E-state index in [1.807, 2.05) is 12.1 Å². The van der Waals surface area contributed by atoms with Crippen LogP contribution in [0.3, 0.4) is 0 Å². The molecule has 0 saturated carbocycles. The molecule has 1 heterocycles. The molecule has 0 bridgehead atoms. The third kappa shape index (κ3) is 3.30. The number of methoxy groups -OCH3 is 1. The number of nitrogens with one attached hydrogen (secondary N) is 2. The zero-order chi connectivity index (χ0) is 13.8. The number of halogens is 1. The third-order valence-electron chi connectivity index (χ3n) is 2.54. The second-order valence-electron chi connectivity index (χ2n) is 3.89. The number of carbonyl (C=O) groups is 1. The molecule has 0 aliphatic carbocycles. The molecular formula is C12H13ClN4O2. The lowest BCUT2D eigenvalue weighted by Gasteiger charge is -2.06. The summed E-state index contributed by atoms with van der Waals surface area (Å²) in [6, 6.07) is 7.18. The number of hydrogen-bond donors (Lipinski definition) is 2. The SMILES string of the molecule is CO[C@H](C)C(=O)Nc1n[nH]c(-c2cccc(Cl)c2)n1. The van der Waals surface area contributed by atoms with Crippen molar-refractivity contribution in [3.63, 3.8) is 0 Å². The second-order valence-corrected chi connectivity index (χ2v) is 4.32. The van der Waals surface area contributed by atoms with Crippen molar-refractivity contribution in [3.05, 3.63) is 29.3 Å². The van der Waals surface area contributed by atoms with Crippen LogP contribution < -0.4 is 5.32 Å². The van der Waals surface area contributed by atoms with E-state index in [4.69, 9.17) is 16.3 Å². The van der Waals surface area contributed by atoms with Gasteiger partial charge in [-0.15, -0.1) is 5.10 Å². The number of ether oxygens (including phenoxy) is 1. The van der Waals surface area contributed by atoms with Crippen LogP contribution in [0.5, 0.6) is 0 Å². The highest BCUT2D eigenvalue weighted by molar-refractivity contribution is 6.30. The first kappa shape index (κ1) is 13.5. The maximum Gasteiger partial charge on any atom is 0.255 e. The van der Waals surface area contributed by atoms with Gasteiger partial charge in [0.2, 0.25) is 5.95 Å². The molecule has 7 heteroatoms. The number of benzene rings is 1. The van der Waals surface area contributed by atoms with E-state index in [1.54, 1.807) is 19.1 Å². The summed E-state index contributed by atoms with van der Waals surface area (Å²) >= 11 is 5.90. The van der Waals surface area contributed by atoms with Crippen molar-refractivity contribution in [1.29, 1.82) is 0 Å². The Morgan fingerprint density at radius 3 is 3.00 bits per heavy atom. The molecule has 0 spiro atoms. The van der Waals surface area contributed by atoms with E-state index in [1.165, 1.54) is 7.11 Å². The number of nitrogens with zero attached hydrogens (tertiary/aromatic N) is 2. The van der Waals surface area contributed by atoms with Gasteiger partial charge in [0.15, 0.2) is 5.82 Å². The highest BCUT2D eigenvalue weighted by Gasteiger charge is 2.14. The van der Waals surface area contributed by atoms with Crippen LogP contribution in [-0.4, -0.2) is 34.3 Å². The van der Waals surface area contributed by atoms with Crippen molar-refractivity contribution in [2.45, 2.75) is 13.0 Å². The third-order valence-corrected chi connectivity index (χ3v) is 2.78. The molecule has 0 aliphatic heterocycles. The van der Waals surface area contributed by atoms with E-state index in [2.05, 4.69) is 20.5 Å². The van der Waals surface area contributed by atoms with E-state index in [-0.39, 0.29) is 11.9 Å². The molecule has 0 saturated heterocycles. The number of carbonyl (C=O) groups excluding carboxylic acids is 1. The number of hydrogen-bond acceptors (Lipinski definition) is 4. The van der Waals surface area contributed by atoms with Gasteiger partial charge < -0.3 is 4.74 Å². The predicted octanol–water partition coefficient (Wildman–Crippen LogP) is 2.10. The lowest BCUT2D eigenvalue weighted by molar-refractivity contribution is -0.124. The number of H-pyrrole nitrogens is 1. The second kappa shape index (κ2) is 5.81. The summed E-state index contributed by atoms with van der Waals surface area (Å²) in [5, 5.41) is 9.80. The lowest BCUT2D eigenvalue weighted by atomic mass is 10.2. The van der Waals surface area contributed by atoms with Gasteiger partial charge in [-0.25, -0.2) is 0 Å². The van der Waals surface area contributed by atoms with Gasteiger partial charge in [0.1, 0.15) is 6.10 Å². The molecule has 1 aromatic carbocycles. The molecule has 0 unspecified atom stereocenters. The van der Waals surface area contributed by atoms with Gasteiger partial charge >= 0.3 is 0 Å². The van der Waals surface area contributed by atoms with E-state index >= 15 is 0 Å². The van der Waals surface area contributed by atoms with Crippen molar-refractivity contribution in [2.24, 2.45) is 0 Å². The Bertz CT molecular complexity index is 585. The van der Waals surface area contributed by atoms with Gasteiger partial charge in [0, 0.05) is 17.7 Å². The molecule has 1 atom stereocenters. The zero-order valence-electron chi connectivity index (χ0n) is 10.5. The highest BCUT2D eigenvalue weighted by Crippen LogP contribution is 2.19. The first-order chi connectivity index (χ1) is 9.10. The lowest BCUT2D eigenvalue weighted by Crippen LogP contribution is -2.27. The van der Waals surface area contributed by atoms with Gasteiger partial charge in [-0.2, -0.15) is 4.98 Å². The van der Waals surface area contributed by atoms with Crippen LogP contribution in [0.2, 0.25) is 5.02 Å². The van der Waals surface area contributed by atoms with Crippen LogP contribution in [0.1, 0.15) is 6.92 Å². The van der Waals surface area contributed by atoms with Crippen molar-refractivity contribution in [1.82, 2.24) is 15.2 Å². The van der Waals surface area contributed by atoms with Crippen LogP contribution in [0.4, 0.5) is 5.95 Å². The van der Waals surface area contributed by atoms with Gasteiger partial charge in [-0.1, -0.05) is 23.7 Å². The summed E-state index contributed by atoms with van der Waals surface area (Å²) in [7, 11) is 1.46. The standard InChI is InChI=1S/C12H13ClN4O2/c1-7(19-2)11(18)15-12-14-10(16-17-12)8-4-3-5-9(13)6-8/h3-7H,1-2H3,(H2,14,15,16,17,18)/t7-/m1/s1. The van der Waals surface area contributed by atoms with Crippen LogP contribution in [0.25, 0.3) is 11.4 Å². The molecule has 0 fully saturated rings. The van der Waals surface area contributed by atoms with Gasteiger partial charge in [-0.05, 0) is 19.1 Å². The Balaban J connectivity index is 2.13. The number of aromatic nitrogens is 3. The maximum atomic E-state index is 11.6. The normalized spacial score (nSPS) is 12.2. The van der Waals surface area contributed by atoms with E-state index in [9.17, 15) is 4.79 Å². The summed E-state index contributed by atoms with van der Waals surface area (Å²) in [6.07, 6.45) is -0.562. The maximum absolute atomic E-state index is 11.6. The largest absolute Gasteiger partial charge is 0.372 e. The number of rotatable bonds is 4. The molecule has 100 valence electrons. The molecule has 1 amide bonds. The Morgan fingerprint density at radius 2 is 2.32 bits per heavy atom. The predicted molar refractivity (Wildman–Crippen MR) is 71.9 cm³/mol. The molecular weight excluding hydrogens is 268 g/mol. The molecule has 2 rings (SSSR count). The first-order valence-electron chi connectivity index (χ1n) is 5.62. The summed E-state index contributed by atoms with van der Waals surface area (Å²) in [6.45, 7) is 1.64. The van der Waals surface area contributed by atoms with Crippen molar-refractivity contribution in [3.8, 4) is 11.4 Å². The van der Waals surface area contributed by atoms with Crippen LogP contribution in [-0.2, 0) is 9.53 Å². The van der Waals surface area contributed by atoms with Crippen molar-refractivity contribution >= 4 is 23.5 Å². The first-order valence-corrected chi connectivity index (χ1v) is 6.00. The zero-order valence-corrected chi connectivity index (χ0v) is 11.2. The average molecular weight is 281 g/mol. The minimum absolute atomic E-state index is 0.198. The molecule has 6 nitrogen and oxygen atoms in total. The van der Waals surface area contributed by atoms with Crippen LogP contribution in [0.15, 0.2) is 24.3 Å². The van der Waals surface area contributed by atoms with Crippen LogP contribution >= 0.6 is 11.6 Å². The molecule has 0 radical (unpaired) electrons. The highest BCUT2D eigenvalue weighted by atomic mass is 35.5. The fourth-order valence-corrected chi connectivity index (χ4v) is 1.59. The molecule has 2 N–H and O–H groups in total. The quantitative estimate of drug-likeness (QED) is 0.899. The van der Waals surface area contributed by atoms with E-state index in [0.717, 1.165) is 5.56 Å². The van der Waals surface area contributed by atoms with Gasteiger partial charge in [0.25, 0.3) is 5.91 Å². The summed E-state index contributed by atoms with van der Waals surface area (Å²) in [5.41, 5.74) is 0.792. The number of anilines is 1. The number of amides is 1. The average Bonchev–Trinajstić information content (AvgIpc) is 2.86. The van der Waals surface area contributed by atoms with Crippen LogP contribution in [0, 0.1) is 0 Å². The summed E-state index contributed by atoms with van der Waals surface area (Å²) in [5.74, 6) is 0.422. The molecule has 1 aromatic heterocycles. The summed E-state index contributed by atoms with van der Waals surface area (Å²) in [4.78, 5) is 15.8. The monoisotopic (exact) mass is 280 g/mol. The Morgan fingerprint density at radius 1 is 1.53 bits per heavy atom. The fourth-order valence-electron chi connectivity index (χ4n) is 1.40. The number of aromatic amines is 1. The minimum Gasteiger partial charge on any atom is -0.372 e.